The molecule has 2 aliphatic heterocycles. The van der Waals surface area contributed by atoms with E-state index in [-0.39, 0.29) is 29.4 Å². The molecule has 2 unspecified atom stereocenters. The summed E-state index contributed by atoms with van der Waals surface area (Å²) in [6.45, 7) is 5.14. The molecular weight excluding hydrogens is 468 g/mol. The van der Waals surface area contributed by atoms with Gasteiger partial charge in [0.1, 0.15) is 18.9 Å². The summed E-state index contributed by atoms with van der Waals surface area (Å²) in [6.07, 6.45) is 5.52. The molecule has 0 bridgehead atoms. The van der Waals surface area contributed by atoms with E-state index < -0.39 is 0 Å². The van der Waals surface area contributed by atoms with Crippen LogP contribution in [0, 0.1) is 5.41 Å². The van der Waals surface area contributed by atoms with Gasteiger partial charge in [-0.25, -0.2) is 0 Å². The summed E-state index contributed by atoms with van der Waals surface area (Å²) >= 11 is 2.52. The Morgan fingerprint density at radius 3 is 2.68 bits per heavy atom. The number of hydrogen-bond donors (Lipinski definition) is 0. The van der Waals surface area contributed by atoms with Crippen LogP contribution in [0.25, 0.3) is 0 Å². The summed E-state index contributed by atoms with van der Waals surface area (Å²) in [6, 6.07) is 0.691. The molecule has 2 saturated heterocycles. The van der Waals surface area contributed by atoms with E-state index in [1.165, 1.54) is 15.3 Å². The van der Waals surface area contributed by atoms with Crippen LogP contribution in [-0.4, -0.2) is 53.6 Å². The van der Waals surface area contributed by atoms with Gasteiger partial charge >= 0.3 is 0 Å². The number of carbonyl (C=O) groups is 1. The van der Waals surface area contributed by atoms with Crippen molar-refractivity contribution >= 4 is 28.4 Å². The van der Waals surface area contributed by atoms with Gasteiger partial charge in [-0.05, 0) is 12.8 Å². The third-order valence-corrected chi connectivity index (χ3v) is 6.48. The molecule has 0 aromatic heterocycles. The zero-order chi connectivity index (χ0) is 12.6. The molecule has 3 aliphatic rings. The van der Waals surface area contributed by atoms with Crippen LogP contribution in [0.3, 0.4) is 0 Å². The van der Waals surface area contributed by atoms with Crippen molar-refractivity contribution in [3.63, 3.8) is 0 Å². The molecule has 0 radical (unpaired) electrons. The fraction of sp³-hybridized carbons (Fsp3) is 0.929. The third kappa shape index (κ3) is 2.85. The van der Waals surface area contributed by atoms with Crippen molar-refractivity contribution in [2.75, 3.05) is 37.3 Å². The van der Waals surface area contributed by atoms with Gasteiger partial charge in [-0.15, -0.1) is 0 Å². The zero-order valence-electron chi connectivity index (χ0n) is 11.4. The maximum atomic E-state index is 12.5. The predicted octanol–water partition coefficient (Wildman–Crippen LogP) is -0.826. The summed E-state index contributed by atoms with van der Waals surface area (Å²) < 4.78 is 7.91. The number of carbonyl (C=O) groups excluding carboxylic acids is 1. The molecule has 3 fully saturated rings. The van der Waals surface area contributed by atoms with Crippen molar-refractivity contribution in [1.82, 2.24) is 0 Å². The van der Waals surface area contributed by atoms with Crippen LogP contribution < -0.4 is 24.0 Å². The number of quaternary nitrogens is 1. The van der Waals surface area contributed by atoms with E-state index in [2.05, 4.69) is 22.6 Å². The second-order valence-corrected chi connectivity index (χ2v) is 7.24. The quantitative estimate of drug-likeness (QED) is 0.272. The fourth-order valence-corrected chi connectivity index (χ4v) is 5.56. The first-order valence-electron chi connectivity index (χ1n) is 7.24. The van der Waals surface area contributed by atoms with Crippen LogP contribution in [0.5, 0.6) is 0 Å². The Hall–Kier alpha value is 1.05. The first-order valence-corrected chi connectivity index (χ1v) is 8.76. The predicted molar refractivity (Wildman–Crippen MR) is 78.9 cm³/mol. The molecule has 3 nitrogen and oxygen atoms in total. The number of Topliss-reactive ketones (excluding diaryl/α,β-unsaturated/α-hetero) is 1. The number of halogens is 2. The van der Waals surface area contributed by atoms with Crippen molar-refractivity contribution in [2.24, 2.45) is 5.41 Å². The highest BCUT2D eigenvalue weighted by atomic mass is 127. The maximum absolute atomic E-state index is 12.5. The molecule has 0 amide bonds. The highest BCUT2D eigenvalue weighted by molar-refractivity contribution is 14.1. The highest BCUT2D eigenvalue weighted by Crippen LogP contribution is 2.48. The van der Waals surface area contributed by atoms with E-state index in [1.54, 1.807) is 0 Å². The second-order valence-electron chi connectivity index (χ2n) is 6.36. The van der Waals surface area contributed by atoms with E-state index in [1.807, 2.05) is 0 Å². The smallest absolute Gasteiger partial charge is 0.144 e. The Kier molecular flexibility index (Phi) is 5.56. The summed E-state index contributed by atoms with van der Waals surface area (Å²) in [7, 11) is 0. The molecule has 1 aliphatic carbocycles. The number of hydrogen-bond acceptors (Lipinski definition) is 2. The van der Waals surface area contributed by atoms with Crippen molar-refractivity contribution in [3.8, 4) is 0 Å². The van der Waals surface area contributed by atoms with Gasteiger partial charge in [0.05, 0.1) is 35.6 Å². The number of morpholine rings is 1. The van der Waals surface area contributed by atoms with Gasteiger partial charge in [0, 0.05) is 12.8 Å². The molecule has 5 heteroatoms. The zero-order valence-corrected chi connectivity index (χ0v) is 15.7. The van der Waals surface area contributed by atoms with Gasteiger partial charge in [-0.1, -0.05) is 29.0 Å². The number of nitrogens with zero attached hydrogens (tertiary/aromatic N) is 1. The molecule has 0 N–H and O–H groups in total. The summed E-state index contributed by atoms with van der Waals surface area (Å²) in [5, 5.41) is 0. The van der Waals surface area contributed by atoms with E-state index >= 15 is 0 Å². The first kappa shape index (κ1) is 16.4. The van der Waals surface area contributed by atoms with Crippen molar-refractivity contribution in [1.29, 1.82) is 0 Å². The molecule has 2 atom stereocenters. The summed E-state index contributed by atoms with van der Waals surface area (Å²) in [5.41, 5.74) is 0.0471. The number of ketones is 1. The van der Waals surface area contributed by atoms with Crippen LogP contribution in [0.4, 0.5) is 0 Å². The minimum Gasteiger partial charge on any atom is -1.00 e. The molecule has 1 saturated carbocycles. The molecule has 19 heavy (non-hydrogen) atoms. The second kappa shape index (κ2) is 6.44. The van der Waals surface area contributed by atoms with Gasteiger partial charge in [0.15, 0.2) is 0 Å². The van der Waals surface area contributed by atoms with Crippen molar-refractivity contribution in [3.05, 3.63) is 0 Å². The van der Waals surface area contributed by atoms with E-state index in [0.29, 0.717) is 11.8 Å². The molecule has 3 rings (SSSR count). The molecule has 2 spiro atoms. The lowest BCUT2D eigenvalue weighted by molar-refractivity contribution is -0.945. The van der Waals surface area contributed by atoms with Gasteiger partial charge in [0.25, 0.3) is 0 Å². The fourth-order valence-electron chi connectivity index (χ4n) is 4.41. The average Bonchev–Trinajstić information content (AvgIpc) is 2.69. The first-order chi connectivity index (χ1) is 8.71. The Morgan fingerprint density at radius 1 is 1.32 bits per heavy atom. The van der Waals surface area contributed by atoms with Gasteiger partial charge in [-0.3, -0.25) is 4.79 Å². The van der Waals surface area contributed by atoms with Gasteiger partial charge < -0.3 is 33.2 Å². The number of alkyl halides is 1. The topological polar surface area (TPSA) is 26.3 Å². The van der Waals surface area contributed by atoms with E-state index in [4.69, 9.17) is 4.74 Å². The highest BCUT2D eigenvalue weighted by Gasteiger charge is 2.58. The van der Waals surface area contributed by atoms with Crippen LogP contribution in [0.15, 0.2) is 0 Å². The van der Waals surface area contributed by atoms with Gasteiger partial charge in [0.2, 0.25) is 0 Å². The standard InChI is InChI=1S/C14H23INO2.HI/c15-10-12-9-14(4-2-1-3-13(14)17)11-16(12)5-7-18-8-6-16;/h12H,1-11H2;1H/q+1;/p-1. The van der Waals surface area contributed by atoms with Crippen molar-refractivity contribution in [2.45, 2.75) is 38.1 Å². The molecular formula is C14H23I2NO2. The van der Waals surface area contributed by atoms with Gasteiger partial charge in [-0.2, -0.15) is 0 Å². The van der Waals surface area contributed by atoms with Crippen LogP contribution >= 0.6 is 22.6 Å². The minimum atomic E-state index is 0. The third-order valence-electron chi connectivity index (χ3n) is 5.46. The maximum Gasteiger partial charge on any atom is 0.144 e. The normalized spacial score (nSPS) is 37.5. The lowest BCUT2D eigenvalue weighted by Crippen LogP contribution is -3.00. The minimum absolute atomic E-state index is 0. The molecule has 0 aromatic rings. The lowest BCUT2D eigenvalue weighted by atomic mass is 9.72. The molecule has 2 heterocycles. The van der Waals surface area contributed by atoms with Crippen LogP contribution in [-0.2, 0) is 9.53 Å². The van der Waals surface area contributed by atoms with Crippen molar-refractivity contribution < 1.29 is 38.0 Å². The Bertz CT molecular complexity index is 344. The largest absolute Gasteiger partial charge is 1.00 e. The van der Waals surface area contributed by atoms with Crippen LogP contribution in [0.1, 0.15) is 32.1 Å². The van der Waals surface area contributed by atoms with E-state index in [9.17, 15) is 4.79 Å². The summed E-state index contributed by atoms with van der Waals surface area (Å²) in [5.74, 6) is 0.574. The SMILES string of the molecule is O=C1CCCCC12CC(CI)[N+]1(CCOCC1)C2.[I-]. The number of ether oxygens (including phenoxy) is 1. The number of rotatable bonds is 1. The Labute approximate surface area is 146 Å². The Morgan fingerprint density at radius 2 is 2.05 bits per heavy atom. The molecule has 0 aromatic carbocycles. The lowest BCUT2D eigenvalue weighted by Gasteiger charge is -2.43. The monoisotopic (exact) mass is 491 g/mol. The van der Waals surface area contributed by atoms with Crippen LogP contribution in [0.2, 0.25) is 0 Å². The molecule has 110 valence electrons. The summed E-state index contributed by atoms with van der Waals surface area (Å²) in [4.78, 5) is 12.5. The average molecular weight is 491 g/mol. The van der Waals surface area contributed by atoms with E-state index in [0.717, 1.165) is 58.5 Å². The Balaban J connectivity index is 0.00000133.